The van der Waals surface area contributed by atoms with Crippen LogP contribution >= 0.6 is 0 Å². The van der Waals surface area contributed by atoms with E-state index in [4.69, 9.17) is 5.73 Å². The summed E-state index contributed by atoms with van der Waals surface area (Å²) in [6, 6.07) is 0. The zero-order valence-corrected chi connectivity index (χ0v) is 15.0. The topological polar surface area (TPSA) is 60.2 Å². The summed E-state index contributed by atoms with van der Waals surface area (Å²) in [6.45, 7) is 3.74. The first-order chi connectivity index (χ1) is 12.0. The van der Waals surface area contributed by atoms with Gasteiger partial charge in [-0.15, -0.1) is 0 Å². The molecule has 3 saturated carbocycles. The van der Waals surface area contributed by atoms with Gasteiger partial charge in [-0.25, -0.2) is 0 Å². The third kappa shape index (κ3) is 2.13. The molecule has 0 spiro atoms. The molecule has 6 atom stereocenters. The van der Waals surface area contributed by atoms with Gasteiger partial charge in [-0.2, -0.15) is 13.2 Å². The van der Waals surface area contributed by atoms with E-state index in [1.165, 1.54) is 6.08 Å². The lowest BCUT2D eigenvalue weighted by molar-refractivity contribution is -0.189. The molecule has 2 N–H and O–H groups in total. The number of nitrogens with two attached hydrogens (primary N) is 1. The van der Waals surface area contributed by atoms with Crippen molar-refractivity contribution >= 4 is 11.6 Å². The number of hydrogen-bond acceptors (Lipinski definition) is 3. The number of alkyl halides is 3. The molecule has 0 bridgehead atoms. The van der Waals surface area contributed by atoms with Gasteiger partial charge >= 0.3 is 6.18 Å². The quantitative estimate of drug-likeness (QED) is 0.705. The van der Waals surface area contributed by atoms with Crippen LogP contribution in [-0.2, 0) is 9.59 Å². The van der Waals surface area contributed by atoms with Crippen molar-refractivity contribution in [2.45, 2.75) is 52.1 Å². The van der Waals surface area contributed by atoms with Crippen molar-refractivity contribution in [1.82, 2.24) is 0 Å². The minimum Gasteiger partial charge on any atom is -0.396 e. The second kappa shape index (κ2) is 5.23. The Hall–Kier alpha value is -1.59. The number of carbonyl (C=O) groups is 2. The molecule has 26 heavy (non-hydrogen) atoms. The van der Waals surface area contributed by atoms with Gasteiger partial charge in [0.25, 0.3) is 0 Å². The Morgan fingerprint density at radius 2 is 1.85 bits per heavy atom. The molecule has 4 aliphatic rings. The molecule has 0 unspecified atom stereocenters. The van der Waals surface area contributed by atoms with Crippen LogP contribution in [0, 0.1) is 34.5 Å². The summed E-state index contributed by atoms with van der Waals surface area (Å²) < 4.78 is 41.9. The maximum absolute atomic E-state index is 14.0. The predicted octanol–water partition coefficient (Wildman–Crippen LogP) is 3.94. The van der Waals surface area contributed by atoms with Gasteiger partial charge in [-0.3, -0.25) is 9.59 Å². The molecule has 0 amide bonds. The van der Waals surface area contributed by atoms with Crippen molar-refractivity contribution in [2.75, 3.05) is 0 Å². The summed E-state index contributed by atoms with van der Waals surface area (Å²) in [7, 11) is 0. The Kier molecular flexibility index (Phi) is 3.58. The molecule has 0 heterocycles. The minimum absolute atomic E-state index is 0.00997. The number of fused-ring (bicyclic) bond motifs is 5. The van der Waals surface area contributed by atoms with Crippen LogP contribution in [0.5, 0.6) is 0 Å². The summed E-state index contributed by atoms with van der Waals surface area (Å²) >= 11 is 0. The smallest absolute Gasteiger partial charge is 0.395 e. The fourth-order valence-electron chi connectivity index (χ4n) is 6.56. The maximum atomic E-state index is 14.0. The standard InChI is InChI=1S/C20H24F3NO2/c1-18-7-5-12-10(11(18)3-4-15(18)26)9-13(20(21,22)23)16-17(24)14(25)6-8-19(12,16)2/h6,8,10-13H,3-5,7,9,24H2,1-2H3/t10-,11-,12-,13+,18-,19+/m0/s1. The zero-order valence-electron chi connectivity index (χ0n) is 15.0. The Labute approximate surface area is 150 Å². The van der Waals surface area contributed by atoms with Crippen LogP contribution in [0.2, 0.25) is 0 Å². The SMILES string of the molecule is C[C@]12C=CC(=O)C(N)=C1[C@H](C(F)(F)F)C[C@@H]1[C@@H]2CC[C@]2(C)C(=O)CC[C@@H]12. The summed E-state index contributed by atoms with van der Waals surface area (Å²) in [5.41, 5.74) is 4.38. The van der Waals surface area contributed by atoms with E-state index in [1.807, 2.05) is 6.92 Å². The van der Waals surface area contributed by atoms with E-state index in [1.54, 1.807) is 13.0 Å². The molecule has 0 radical (unpaired) electrons. The van der Waals surface area contributed by atoms with Crippen LogP contribution in [0.15, 0.2) is 23.4 Å². The molecule has 4 aliphatic carbocycles. The summed E-state index contributed by atoms with van der Waals surface area (Å²) in [5.74, 6) is -2.23. The van der Waals surface area contributed by atoms with Gasteiger partial charge in [-0.1, -0.05) is 19.9 Å². The van der Waals surface area contributed by atoms with E-state index < -0.39 is 28.7 Å². The number of allylic oxidation sites excluding steroid dienone is 3. The Balaban J connectivity index is 1.85. The van der Waals surface area contributed by atoms with Crippen molar-refractivity contribution in [3.8, 4) is 0 Å². The zero-order chi connectivity index (χ0) is 19.1. The highest BCUT2D eigenvalue weighted by atomic mass is 19.4. The first-order valence-corrected chi connectivity index (χ1v) is 9.34. The Morgan fingerprint density at radius 1 is 1.15 bits per heavy atom. The molecule has 0 aromatic rings. The molecular weight excluding hydrogens is 343 g/mol. The second-order valence-electron chi connectivity index (χ2n) is 8.93. The maximum Gasteiger partial charge on any atom is 0.395 e. The van der Waals surface area contributed by atoms with Crippen molar-refractivity contribution in [3.63, 3.8) is 0 Å². The predicted molar refractivity (Wildman–Crippen MR) is 89.7 cm³/mol. The van der Waals surface area contributed by atoms with Crippen molar-refractivity contribution in [1.29, 1.82) is 0 Å². The van der Waals surface area contributed by atoms with Gasteiger partial charge in [0, 0.05) is 17.3 Å². The van der Waals surface area contributed by atoms with Gasteiger partial charge in [0.15, 0.2) is 0 Å². The molecule has 0 aliphatic heterocycles. The highest BCUT2D eigenvalue weighted by Gasteiger charge is 2.64. The fourth-order valence-corrected chi connectivity index (χ4v) is 6.56. The van der Waals surface area contributed by atoms with Crippen LogP contribution < -0.4 is 5.73 Å². The van der Waals surface area contributed by atoms with E-state index in [2.05, 4.69) is 0 Å². The van der Waals surface area contributed by atoms with E-state index >= 15 is 0 Å². The van der Waals surface area contributed by atoms with Gasteiger partial charge in [0.05, 0.1) is 11.6 Å². The molecule has 6 heteroatoms. The third-order valence-corrected chi connectivity index (χ3v) is 7.88. The van der Waals surface area contributed by atoms with Crippen LogP contribution in [0.4, 0.5) is 13.2 Å². The van der Waals surface area contributed by atoms with E-state index in [-0.39, 0.29) is 41.2 Å². The minimum atomic E-state index is -4.45. The molecule has 0 saturated heterocycles. The van der Waals surface area contributed by atoms with Crippen LogP contribution in [0.1, 0.15) is 46.0 Å². The molecule has 3 nitrogen and oxygen atoms in total. The van der Waals surface area contributed by atoms with Crippen LogP contribution in [-0.4, -0.2) is 17.7 Å². The Bertz CT molecular complexity index is 753. The average molecular weight is 367 g/mol. The molecule has 3 fully saturated rings. The van der Waals surface area contributed by atoms with Crippen molar-refractivity contribution < 1.29 is 22.8 Å². The van der Waals surface area contributed by atoms with Crippen LogP contribution in [0.3, 0.4) is 0 Å². The highest BCUT2D eigenvalue weighted by molar-refractivity contribution is 6.05. The van der Waals surface area contributed by atoms with E-state index in [9.17, 15) is 22.8 Å². The highest BCUT2D eigenvalue weighted by Crippen LogP contribution is 2.66. The second-order valence-corrected chi connectivity index (χ2v) is 8.93. The average Bonchev–Trinajstić information content (AvgIpc) is 2.85. The largest absolute Gasteiger partial charge is 0.396 e. The lowest BCUT2D eigenvalue weighted by Crippen LogP contribution is -2.54. The summed E-state index contributed by atoms with van der Waals surface area (Å²) in [5, 5.41) is 0. The first kappa shape index (κ1) is 17.8. The van der Waals surface area contributed by atoms with Gasteiger partial charge in [0.1, 0.15) is 5.78 Å². The van der Waals surface area contributed by atoms with Gasteiger partial charge in [0.2, 0.25) is 5.78 Å². The van der Waals surface area contributed by atoms with E-state index in [0.717, 1.165) is 0 Å². The summed E-state index contributed by atoms with van der Waals surface area (Å²) in [6.07, 6.45) is 1.02. The fraction of sp³-hybridized carbons (Fsp3) is 0.700. The number of hydrogen-bond donors (Lipinski definition) is 1. The van der Waals surface area contributed by atoms with Gasteiger partial charge < -0.3 is 5.73 Å². The van der Waals surface area contributed by atoms with Gasteiger partial charge in [-0.05, 0) is 55.1 Å². The van der Waals surface area contributed by atoms with Crippen LogP contribution in [0.25, 0.3) is 0 Å². The lowest BCUT2D eigenvalue weighted by atomic mass is 9.46. The summed E-state index contributed by atoms with van der Waals surface area (Å²) in [4.78, 5) is 24.4. The van der Waals surface area contributed by atoms with Crippen molar-refractivity contribution in [3.05, 3.63) is 23.4 Å². The molecular formula is C20H24F3NO2. The number of carbonyl (C=O) groups excluding carboxylic acids is 2. The first-order valence-electron chi connectivity index (χ1n) is 9.34. The third-order valence-electron chi connectivity index (χ3n) is 7.88. The normalized spacial score (nSPS) is 45.4. The molecule has 142 valence electrons. The number of halogens is 3. The monoisotopic (exact) mass is 367 g/mol. The number of rotatable bonds is 0. The number of ketones is 2. The van der Waals surface area contributed by atoms with E-state index in [0.29, 0.717) is 25.7 Å². The molecule has 0 aromatic carbocycles. The Morgan fingerprint density at radius 3 is 2.50 bits per heavy atom. The molecule has 0 aromatic heterocycles. The lowest BCUT2D eigenvalue weighted by Gasteiger charge is -2.57. The number of Topliss-reactive ketones (excluding diaryl/α,β-unsaturated/α-hetero) is 1. The molecule has 4 rings (SSSR count). The van der Waals surface area contributed by atoms with Crippen molar-refractivity contribution in [2.24, 2.45) is 40.2 Å².